The third-order valence-electron chi connectivity index (χ3n) is 8.74. The van der Waals surface area contributed by atoms with E-state index < -0.39 is 35.0 Å². The highest BCUT2D eigenvalue weighted by Gasteiger charge is 2.80. The molecule has 3 aliphatic rings. The summed E-state index contributed by atoms with van der Waals surface area (Å²) in [4.78, 5) is 45.4. The Bertz CT molecular complexity index is 1140. The number of hydrogen-bond acceptors (Lipinski definition) is 6. The number of fused-ring (bicyclic) bond motifs is 1. The van der Waals surface area contributed by atoms with Crippen molar-refractivity contribution in [1.82, 2.24) is 4.90 Å². The number of nitrogens with zero attached hydrogens (tertiary/aromatic N) is 2. The maximum atomic E-state index is 14.6. The highest BCUT2D eigenvalue weighted by atomic mass is 35.5. The van der Waals surface area contributed by atoms with Crippen molar-refractivity contribution in [1.29, 1.82) is 0 Å². The fraction of sp³-hybridized carbons (Fsp3) is 0.567. The summed E-state index contributed by atoms with van der Waals surface area (Å²) in [6.07, 6.45) is 5.47. The molecule has 2 bridgehead atoms. The van der Waals surface area contributed by atoms with Crippen molar-refractivity contribution in [3.05, 3.63) is 54.1 Å². The Morgan fingerprint density at radius 1 is 1.28 bits per heavy atom. The van der Waals surface area contributed by atoms with Crippen LogP contribution in [0.15, 0.2) is 43.5 Å². The molecule has 3 heterocycles. The van der Waals surface area contributed by atoms with Crippen molar-refractivity contribution in [2.24, 2.45) is 17.8 Å². The number of aliphatic hydroxyl groups is 1. The van der Waals surface area contributed by atoms with Crippen LogP contribution in [0.1, 0.15) is 45.1 Å². The van der Waals surface area contributed by atoms with E-state index in [0.717, 1.165) is 5.56 Å². The van der Waals surface area contributed by atoms with Crippen molar-refractivity contribution in [2.45, 2.75) is 63.7 Å². The van der Waals surface area contributed by atoms with Crippen LogP contribution in [0.2, 0.25) is 5.02 Å². The average Bonchev–Trinajstić information content (AvgIpc) is 3.40. The zero-order valence-corrected chi connectivity index (χ0v) is 23.8. The first-order valence-corrected chi connectivity index (χ1v) is 14.0. The van der Waals surface area contributed by atoms with E-state index in [-0.39, 0.29) is 37.5 Å². The van der Waals surface area contributed by atoms with E-state index in [1.807, 2.05) is 32.9 Å². The molecule has 9 heteroatoms. The Balaban J connectivity index is 1.82. The number of carbonyl (C=O) groups excluding carboxylic acids is 3. The molecule has 3 aliphatic heterocycles. The molecule has 1 aromatic rings. The highest BCUT2D eigenvalue weighted by Crippen LogP contribution is 2.65. The zero-order valence-electron chi connectivity index (χ0n) is 23.0. The number of amides is 2. The average molecular weight is 559 g/mol. The molecule has 0 radical (unpaired) electrons. The summed E-state index contributed by atoms with van der Waals surface area (Å²) in [6.45, 7) is 13.8. The number of halogens is 1. The third-order valence-corrected chi connectivity index (χ3v) is 9.04. The van der Waals surface area contributed by atoms with Crippen molar-refractivity contribution in [2.75, 3.05) is 31.2 Å². The van der Waals surface area contributed by atoms with Gasteiger partial charge in [0.1, 0.15) is 24.2 Å². The van der Waals surface area contributed by atoms with Gasteiger partial charge in [-0.05, 0) is 57.1 Å². The minimum atomic E-state index is -1.19. The van der Waals surface area contributed by atoms with Gasteiger partial charge >= 0.3 is 5.97 Å². The fourth-order valence-electron chi connectivity index (χ4n) is 6.95. The molecule has 0 saturated carbocycles. The van der Waals surface area contributed by atoms with Crippen LogP contribution < -0.4 is 4.90 Å². The van der Waals surface area contributed by atoms with E-state index in [2.05, 4.69) is 13.2 Å². The lowest BCUT2D eigenvalue weighted by Crippen LogP contribution is -2.57. The van der Waals surface area contributed by atoms with Crippen LogP contribution >= 0.6 is 11.6 Å². The maximum Gasteiger partial charge on any atom is 0.313 e. The standard InChI is InChI=1S/C30H39ClN2O6/c1-6-14-32(24-19(3)12-11-13-21(24)31)27(36)25-30-18-20(4)29(5,39-30)23(28(37)38-17-7-2)22(30)26(35)33(25)15-9-8-10-16-34/h6-7,11-13,20,22-23,25,34H,1-2,8-10,14-18H2,3-5H3/t20?,22-,23-,25?,29+,30?/m0/s1. The number of anilines is 1. The first-order valence-electron chi connectivity index (χ1n) is 13.7. The van der Waals surface area contributed by atoms with Gasteiger partial charge < -0.3 is 24.4 Å². The fourth-order valence-corrected chi connectivity index (χ4v) is 7.28. The Hall–Kier alpha value is -2.68. The Morgan fingerprint density at radius 2 is 2.03 bits per heavy atom. The normalized spacial score (nSPS) is 30.8. The third kappa shape index (κ3) is 4.70. The molecule has 3 unspecified atom stereocenters. The molecule has 8 nitrogen and oxygen atoms in total. The first-order chi connectivity index (χ1) is 18.6. The molecule has 6 atom stereocenters. The second kappa shape index (κ2) is 11.4. The lowest BCUT2D eigenvalue weighted by molar-refractivity contribution is -0.160. The molecule has 1 aromatic carbocycles. The summed E-state index contributed by atoms with van der Waals surface area (Å²) in [5, 5.41) is 9.68. The van der Waals surface area contributed by atoms with Gasteiger partial charge in [0.25, 0.3) is 5.91 Å². The molecule has 2 amide bonds. The number of para-hydroxylation sites is 1. The number of likely N-dealkylation sites (tertiary alicyclic amines) is 1. The molecule has 3 fully saturated rings. The van der Waals surface area contributed by atoms with Gasteiger partial charge in [-0.25, -0.2) is 0 Å². The lowest BCUT2D eigenvalue weighted by Gasteiger charge is -2.37. The van der Waals surface area contributed by atoms with Crippen molar-refractivity contribution < 1.29 is 29.0 Å². The Kier molecular flexibility index (Phi) is 8.59. The van der Waals surface area contributed by atoms with Crippen LogP contribution in [0.4, 0.5) is 5.69 Å². The molecule has 212 valence electrons. The number of rotatable bonds is 12. The predicted octanol–water partition coefficient (Wildman–Crippen LogP) is 4.07. The van der Waals surface area contributed by atoms with Crippen LogP contribution in [-0.4, -0.2) is 71.3 Å². The number of unbranched alkanes of at least 4 members (excludes halogenated alkanes) is 2. The molecule has 39 heavy (non-hydrogen) atoms. The van der Waals surface area contributed by atoms with Gasteiger partial charge in [0.2, 0.25) is 5.91 Å². The quantitative estimate of drug-likeness (QED) is 0.236. The number of esters is 1. The number of benzene rings is 1. The topological polar surface area (TPSA) is 96.4 Å². The summed E-state index contributed by atoms with van der Waals surface area (Å²) in [5.74, 6) is -2.89. The predicted molar refractivity (Wildman–Crippen MR) is 149 cm³/mol. The smallest absolute Gasteiger partial charge is 0.313 e. The highest BCUT2D eigenvalue weighted by molar-refractivity contribution is 6.34. The summed E-state index contributed by atoms with van der Waals surface area (Å²) < 4.78 is 12.2. The van der Waals surface area contributed by atoms with Gasteiger partial charge in [-0.3, -0.25) is 14.4 Å². The molecule has 1 spiro atoms. The molecule has 0 aliphatic carbocycles. The van der Waals surface area contributed by atoms with E-state index in [0.29, 0.717) is 42.9 Å². The lowest BCUT2D eigenvalue weighted by atomic mass is 9.62. The number of ether oxygens (including phenoxy) is 2. The molecule has 4 rings (SSSR count). The van der Waals surface area contributed by atoms with E-state index in [1.165, 1.54) is 6.08 Å². The van der Waals surface area contributed by atoms with Gasteiger partial charge in [-0.1, -0.05) is 49.4 Å². The molecular formula is C30H39ClN2O6. The van der Waals surface area contributed by atoms with Crippen molar-refractivity contribution in [3.8, 4) is 0 Å². The van der Waals surface area contributed by atoms with Crippen LogP contribution in [0.5, 0.6) is 0 Å². The van der Waals surface area contributed by atoms with Gasteiger partial charge in [0.15, 0.2) is 0 Å². The number of aliphatic hydroxyl groups excluding tert-OH is 1. The maximum absolute atomic E-state index is 14.6. The van der Waals surface area contributed by atoms with Gasteiger partial charge in [-0.2, -0.15) is 0 Å². The van der Waals surface area contributed by atoms with E-state index >= 15 is 0 Å². The zero-order chi connectivity index (χ0) is 28.5. The second-order valence-corrected chi connectivity index (χ2v) is 11.5. The minimum absolute atomic E-state index is 0.0276. The monoisotopic (exact) mass is 558 g/mol. The number of carbonyl (C=O) groups is 3. The first kappa shape index (κ1) is 29.3. The number of aryl methyl sites for hydroxylation is 1. The van der Waals surface area contributed by atoms with Crippen molar-refractivity contribution in [3.63, 3.8) is 0 Å². The summed E-state index contributed by atoms with van der Waals surface area (Å²) in [7, 11) is 0. The second-order valence-electron chi connectivity index (χ2n) is 11.1. The van der Waals surface area contributed by atoms with E-state index in [9.17, 15) is 19.5 Å². The van der Waals surface area contributed by atoms with E-state index in [1.54, 1.807) is 21.9 Å². The molecule has 0 aromatic heterocycles. The summed E-state index contributed by atoms with van der Waals surface area (Å²) in [6, 6.07) is 4.47. The molecule has 1 N–H and O–H groups in total. The van der Waals surface area contributed by atoms with Gasteiger partial charge in [-0.15, -0.1) is 6.58 Å². The van der Waals surface area contributed by atoms with Gasteiger partial charge in [0.05, 0.1) is 22.2 Å². The summed E-state index contributed by atoms with van der Waals surface area (Å²) >= 11 is 6.61. The van der Waals surface area contributed by atoms with Crippen LogP contribution in [0, 0.1) is 24.7 Å². The van der Waals surface area contributed by atoms with Crippen LogP contribution in [0.3, 0.4) is 0 Å². The largest absolute Gasteiger partial charge is 0.461 e. The van der Waals surface area contributed by atoms with E-state index in [4.69, 9.17) is 21.1 Å². The van der Waals surface area contributed by atoms with Crippen molar-refractivity contribution >= 4 is 35.1 Å². The minimum Gasteiger partial charge on any atom is -0.461 e. The Labute approximate surface area is 235 Å². The summed E-state index contributed by atoms with van der Waals surface area (Å²) in [5.41, 5.74) is -0.770. The van der Waals surface area contributed by atoms with Crippen LogP contribution in [0.25, 0.3) is 0 Å². The van der Waals surface area contributed by atoms with Crippen LogP contribution in [-0.2, 0) is 23.9 Å². The molecule has 3 saturated heterocycles. The Morgan fingerprint density at radius 3 is 2.67 bits per heavy atom. The molecular weight excluding hydrogens is 520 g/mol. The van der Waals surface area contributed by atoms with Gasteiger partial charge in [0, 0.05) is 19.7 Å². The SMILES string of the molecule is C=CCOC(=O)[C@@H]1[C@H]2C(=O)N(CCCCCO)C(C(=O)N(CC=C)c3c(C)cccc3Cl)C23CC(C)[C@@]1(C)O3. The number of hydrogen-bond donors (Lipinski definition) is 1.